The van der Waals surface area contributed by atoms with Gasteiger partial charge in [0.15, 0.2) is 0 Å². The number of anilines is 1. The quantitative estimate of drug-likeness (QED) is 0.519. The van der Waals surface area contributed by atoms with Gasteiger partial charge in [-0.1, -0.05) is 6.07 Å². The molecule has 0 saturated carbocycles. The number of carbonyl (C=O) groups excluding carboxylic acids is 1. The standard InChI is InChI=1S/C13H10N2O4/c16-13(7-6-12-5-2-8-19-12)14-10-3-1-4-11(9-10)15(17)18/h1-9H,(H,14,16)/b7-6+. The number of nitrogens with zero attached hydrogens (tertiary/aromatic N) is 1. The Morgan fingerprint density at radius 3 is 2.84 bits per heavy atom. The summed E-state index contributed by atoms with van der Waals surface area (Å²) in [6, 6.07) is 9.14. The molecule has 1 aromatic carbocycles. The van der Waals surface area contributed by atoms with E-state index < -0.39 is 10.8 Å². The van der Waals surface area contributed by atoms with Crippen molar-refractivity contribution in [2.45, 2.75) is 0 Å². The molecule has 1 amide bonds. The summed E-state index contributed by atoms with van der Waals surface area (Å²) in [5, 5.41) is 13.1. The van der Waals surface area contributed by atoms with Crippen LogP contribution in [0.25, 0.3) is 6.08 Å². The first kappa shape index (κ1) is 12.6. The second-order valence-corrected chi connectivity index (χ2v) is 3.65. The Morgan fingerprint density at radius 1 is 1.32 bits per heavy atom. The van der Waals surface area contributed by atoms with Crippen LogP contribution in [0.2, 0.25) is 0 Å². The van der Waals surface area contributed by atoms with Gasteiger partial charge in [0.2, 0.25) is 5.91 Å². The molecule has 1 aromatic heterocycles. The van der Waals surface area contributed by atoms with Crippen molar-refractivity contribution in [3.05, 3.63) is 64.6 Å². The van der Waals surface area contributed by atoms with Gasteiger partial charge in [-0.15, -0.1) is 0 Å². The molecule has 0 fully saturated rings. The Labute approximate surface area is 108 Å². The minimum atomic E-state index is -0.519. The molecule has 0 spiro atoms. The highest BCUT2D eigenvalue weighted by atomic mass is 16.6. The number of hydrogen-bond acceptors (Lipinski definition) is 4. The van der Waals surface area contributed by atoms with Crippen LogP contribution >= 0.6 is 0 Å². The minimum Gasteiger partial charge on any atom is -0.465 e. The molecule has 2 aromatic rings. The van der Waals surface area contributed by atoms with Gasteiger partial charge in [0, 0.05) is 23.9 Å². The Balaban J connectivity index is 2.03. The molecular weight excluding hydrogens is 248 g/mol. The first-order chi connectivity index (χ1) is 9.15. The lowest BCUT2D eigenvalue weighted by molar-refractivity contribution is -0.384. The molecule has 2 rings (SSSR count). The van der Waals surface area contributed by atoms with E-state index in [0.717, 1.165) is 0 Å². The van der Waals surface area contributed by atoms with Crippen LogP contribution in [0.5, 0.6) is 0 Å². The maximum atomic E-state index is 11.6. The highest BCUT2D eigenvalue weighted by Gasteiger charge is 2.06. The topological polar surface area (TPSA) is 85.4 Å². The summed E-state index contributed by atoms with van der Waals surface area (Å²) in [7, 11) is 0. The fraction of sp³-hybridized carbons (Fsp3) is 0. The Bertz CT molecular complexity index is 617. The van der Waals surface area contributed by atoms with Gasteiger partial charge >= 0.3 is 0 Å². The number of nitro benzene ring substituents is 1. The third-order valence-corrected chi connectivity index (χ3v) is 2.27. The first-order valence-corrected chi connectivity index (χ1v) is 5.42. The lowest BCUT2D eigenvalue weighted by atomic mass is 10.3. The monoisotopic (exact) mass is 258 g/mol. The third kappa shape index (κ3) is 3.53. The zero-order valence-electron chi connectivity index (χ0n) is 9.78. The fourth-order valence-electron chi connectivity index (χ4n) is 1.43. The van der Waals surface area contributed by atoms with Crippen LogP contribution in [0.3, 0.4) is 0 Å². The molecule has 0 radical (unpaired) electrons. The zero-order chi connectivity index (χ0) is 13.7. The molecule has 6 nitrogen and oxygen atoms in total. The largest absolute Gasteiger partial charge is 0.465 e. The van der Waals surface area contributed by atoms with Crippen LogP contribution in [0.1, 0.15) is 5.76 Å². The van der Waals surface area contributed by atoms with E-state index in [0.29, 0.717) is 11.4 Å². The Hall–Kier alpha value is -2.89. The van der Waals surface area contributed by atoms with Crippen LogP contribution in [0.15, 0.2) is 53.2 Å². The van der Waals surface area contributed by atoms with Crippen LogP contribution in [-0.2, 0) is 4.79 Å². The van der Waals surface area contributed by atoms with E-state index >= 15 is 0 Å². The lowest BCUT2D eigenvalue weighted by Crippen LogP contribution is -2.07. The number of carbonyl (C=O) groups is 1. The molecule has 19 heavy (non-hydrogen) atoms. The average molecular weight is 258 g/mol. The van der Waals surface area contributed by atoms with E-state index in [4.69, 9.17) is 4.42 Å². The predicted octanol–water partition coefficient (Wildman–Crippen LogP) is 2.84. The number of furan rings is 1. The van der Waals surface area contributed by atoms with Crippen molar-refractivity contribution in [3.63, 3.8) is 0 Å². The van der Waals surface area contributed by atoms with Crippen molar-refractivity contribution >= 4 is 23.4 Å². The van der Waals surface area contributed by atoms with Gasteiger partial charge in [-0.2, -0.15) is 0 Å². The van der Waals surface area contributed by atoms with Gasteiger partial charge in [-0.25, -0.2) is 0 Å². The molecular formula is C13H10N2O4. The smallest absolute Gasteiger partial charge is 0.271 e. The number of non-ortho nitro benzene ring substituents is 1. The van der Waals surface area contributed by atoms with Gasteiger partial charge < -0.3 is 9.73 Å². The molecule has 1 N–H and O–H groups in total. The third-order valence-electron chi connectivity index (χ3n) is 2.27. The summed E-state index contributed by atoms with van der Waals surface area (Å²) < 4.78 is 5.03. The molecule has 0 aliphatic carbocycles. The SMILES string of the molecule is O=C(/C=C/c1ccco1)Nc1cccc([N+](=O)[O-])c1. The highest BCUT2D eigenvalue weighted by molar-refractivity contribution is 6.01. The highest BCUT2D eigenvalue weighted by Crippen LogP contribution is 2.17. The predicted molar refractivity (Wildman–Crippen MR) is 69.5 cm³/mol. The maximum absolute atomic E-state index is 11.6. The van der Waals surface area contributed by atoms with Gasteiger partial charge in [-0.05, 0) is 24.3 Å². The average Bonchev–Trinajstić information content (AvgIpc) is 2.90. The van der Waals surface area contributed by atoms with E-state index in [1.807, 2.05) is 0 Å². The van der Waals surface area contributed by atoms with Crippen molar-refractivity contribution in [1.82, 2.24) is 0 Å². The Morgan fingerprint density at radius 2 is 2.16 bits per heavy atom. The summed E-state index contributed by atoms with van der Waals surface area (Å²) in [5.41, 5.74) is 0.288. The van der Waals surface area contributed by atoms with Gasteiger partial charge in [0.1, 0.15) is 5.76 Å². The first-order valence-electron chi connectivity index (χ1n) is 5.42. The van der Waals surface area contributed by atoms with E-state index in [-0.39, 0.29) is 5.69 Å². The fourth-order valence-corrected chi connectivity index (χ4v) is 1.43. The van der Waals surface area contributed by atoms with Crippen LogP contribution in [0.4, 0.5) is 11.4 Å². The number of amides is 1. The number of nitrogens with one attached hydrogen (secondary N) is 1. The number of benzene rings is 1. The molecule has 0 saturated heterocycles. The molecule has 1 heterocycles. The molecule has 0 bridgehead atoms. The second-order valence-electron chi connectivity index (χ2n) is 3.65. The van der Waals surface area contributed by atoms with Crippen LogP contribution in [-0.4, -0.2) is 10.8 Å². The van der Waals surface area contributed by atoms with E-state index in [2.05, 4.69) is 5.32 Å². The number of nitro groups is 1. The van der Waals surface area contributed by atoms with Crippen molar-refractivity contribution in [1.29, 1.82) is 0 Å². The van der Waals surface area contributed by atoms with E-state index in [1.54, 1.807) is 18.2 Å². The summed E-state index contributed by atoms with van der Waals surface area (Å²) in [5.74, 6) is 0.158. The summed E-state index contributed by atoms with van der Waals surface area (Å²) in [6.07, 6.45) is 4.29. The van der Waals surface area contributed by atoms with Crippen LogP contribution < -0.4 is 5.32 Å². The number of rotatable bonds is 4. The Kier molecular flexibility index (Phi) is 3.72. The summed E-state index contributed by atoms with van der Waals surface area (Å²) in [4.78, 5) is 21.6. The molecule has 96 valence electrons. The summed E-state index contributed by atoms with van der Waals surface area (Å²) in [6.45, 7) is 0. The van der Waals surface area contributed by atoms with E-state index in [1.165, 1.54) is 36.6 Å². The minimum absolute atomic E-state index is 0.0761. The van der Waals surface area contributed by atoms with Gasteiger partial charge in [-0.3, -0.25) is 14.9 Å². The lowest BCUT2D eigenvalue weighted by Gasteiger charge is -2.01. The number of hydrogen-bond donors (Lipinski definition) is 1. The van der Waals surface area contributed by atoms with Crippen molar-refractivity contribution < 1.29 is 14.1 Å². The van der Waals surface area contributed by atoms with E-state index in [9.17, 15) is 14.9 Å². The van der Waals surface area contributed by atoms with Gasteiger partial charge in [0.05, 0.1) is 11.2 Å². The second kappa shape index (κ2) is 5.63. The molecule has 0 aliphatic rings. The molecule has 6 heteroatoms. The van der Waals surface area contributed by atoms with Crippen molar-refractivity contribution in [2.75, 3.05) is 5.32 Å². The summed E-state index contributed by atoms with van der Waals surface area (Å²) >= 11 is 0. The molecule has 0 unspecified atom stereocenters. The molecule has 0 aliphatic heterocycles. The molecule has 0 atom stereocenters. The van der Waals surface area contributed by atoms with Crippen LogP contribution in [0, 0.1) is 10.1 Å². The van der Waals surface area contributed by atoms with Crippen molar-refractivity contribution in [3.8, 4) is 0 Å². The van der Waals surface area contributed by atoms with Gasteiger partial charge in [0.25, 0.3) is 5.69 Å². The normalized spacial score (nSPS) is 10.5. The zero-order valence-corrected chi connectivity index (χ0v) is 9.78. The maximum Gasteiger partial charge on any atom is 0.271 e. The van der Waals surface area contributed by atoms with Crippen molar-refractivity contribution in [2.24, 2.45) is 0 Å².